The van der Waals surface area contributed by atoms with Crippen molar-refractivity contribution in [3.05, 3.63) is 65.5 Å². The highest BCUT2D eigenvalue weighted by atomic mass is 19.1. The second-order valence-electron chi connectivity index (χ2n) is 16.0. The maximum atomic E-state index is 13.2. The van der Waals surface area contributed by atoms with Crippen LogP contribution in [0, 0.1) is 23.6 Å². The molecule has 4 bridgehead atoms. The number of likely N-dealkylation sites (tertiary alicyclic amines) is 1. The SMILES string of the molecule is NC1CCN(C(=O)Oc2ccc(C3CCCC4(C3)OOC3(O4)C4CC5CC3CC(NC(=O)CCCNC(=O)c3ccc(F)cc3)(C5)C4)cc2)CC1. The van der Waals surface area contributed by atoms with E-state index in [1.807, 2.05) is 24.3 Å². The van der Waals surface area contributed by atoms with E-state index in [0.29, 0.717) is 56.1 Å². The Balaban J connectivity index is 0.845. The van der Waals surface area contributed by atoms with Gasteiger partial charge in [-0.15, -0.1) is 0 Å². The van der Waals surface area contributed by atoms with Crippen molar-refractivity contribution in [3.63, 3.8) is 0 Å². The molecule has 2 saturated heterocycles. The van der Waals surface area contributed by atoms with Crippen molar-refractivity contribution in [2.45, 2.75) is 113 Å². The van der Waals surface area contributed by atoms with Crippen molar-refractivity contribution < 1.29 is 38.0 Å². The van der Waals surface area contributed by atoms with Crippen molar-refractivity contribution >= 4 is 17.9 Å². The number of halogens is 1. The van der Waals surface area contributed by atoms with Crippen molar-refractivity contribution in [3.8, 4) is 5.75 Å². The second kappa shape index (κ2) is 13.8. The third-order valence-corrected chi connectivity index (χ3v) is 12.4. The van der Waals surface area contributed by atoms with Gasteiger partial charge in [-0.05, 0) is 118 Å². The summed E-state index contributed by atoms with van der Waals surface area (Å²) in [5.41, 5.74) is 7.25. The smallest absolute Gasteiger partial charge is 0.410 e. The zero-order valence-electron chi connectivity index (χ0n) is 29.1. The third kappa shape index (κ3) is 7.00. The topological polar surface area (TPSA) is 141 Å². The lowest BCUT2D eigenvalue weighted by atomic mass is 9.50. The van der Waals surface area contributed by atoms with Gasteiger partial charge in [0.1, 0.15) is 11.6 Å². The molecule has 0 radical (unpaired) electrons. The molecule has 4 N–H and O–H groups in total. The molecular weight excluding hydrogens is 655 g/mol. The highest BCUT2D eigenvalue weighted by Gasteiger charge is 2.70. The summed E-state index contributed by atoms with van der Waals surface area (Å²) < 4.78 is 25.9. The molecule has 51 heavy (non-hydrogen) atoms. The molecule has 2 spiro atoms. The first-order valence-electron chi connectivity index (χ1n) is 18.9. The van der Waals surface area contributed by atoms with E-state index in [1.54, 1.807) is 4.90 Å². The van der Waals surface area contributed by atoms with Crippen molar-refractivity contribution in [1.29, 1.82) is 0 Å². The van der Waals surface area contributed by atoms with Crippen LogP contribution in [0.25, 0.3) is 0 Å². The van der Waals surface area contributed by atoms with E-state index in [-0.39, 0.29) is 53.1 Å². The molecule has 11 nitrogen and oxygen atoms in total. The zero-order chi connectivity index (χ0) is 35.2. The van der Waals surface area contributed by atoms with E-state index in [4.69, 9.17) is 25.0 Å². The number of benzene rings is 2. The minimum atomic E-state index is -0.812. The first-order valence-corrected chi connectivity index (χ1v) is 18.9. The molecule has 4 atom stereocenters. The predicted molar refractivity (Wildman–Crippen MR) is 184 cm³/mol. The number of nitrogens with two attached hydrogens (primary N) is 1. The van der Waals surface area contributed by atoms with Gasteiger partial charge in [0.2, 0.25) is 17.5 Å². The van der Waals surface area contributed by atoms with Crippen LogP contribution in [0.4, 0.5) is 9.18 Å². The van der Waals surface area contributed by atoms with Crippen molar-refractivity contribution in [2.75, 3.05) is 19.6 Å². The maximum Gasteiger partial charge on any atom is 0.415 e. The van der Waals surface area contributed by atoms with E-state index in [0.717, 1.165) is 69.8 Å². The molecule has 2 aliphatic heterocycles. The van der Waals surface area contributed by atoms with Gasteiger partial charge in [-0.1, -0.05) is 12.1 Å². The Labute approximate surface area is 298 Å². The fourth-order valence-corrected chi connectivity index (χ4v) is 10.1. The summed E-state index contributed by atoms with van der Waals surface area (Å²) in [4.78, 5) is 52.5. The van der Waals surface area contributed by atoms with Crippen LogP contribution in [0.15, 0.2) is 48.5 Å². The molecule has 2 aromatic carbocycles. The summed E-state index contributed by atoms with van der Waals surface area (Å²) in [5.74, 6) is -0.774. The zero-order valence-corrected chi connectivity index (χ0v) is 29.1. The summed E-state index contributed by atoms with van der Waals surface area (Å²) in [6, 6.07) is 13.4. The van der Waals surface area contributed by atoms with E-state index in [1.165, 1.54) is 24.3 Å². The summed E-state index contributed by atoms with van der Waals surface area (Å²) in [7, 11) is 0. The normalized spacial score (nSPS) is 34.2. The number of nitrogens with zero attached hydrogens (tertiary/aromatic N) is 1. The number of nitrogens with one attached hydrogen (secondary N) is 2. The van der Waals surface area contributed by atoms with Crippen LogP contribution in [0.5, 0.6) is 5.75 Å². The van der Waals surface area contributed by atoms with Crippen LogP contribution in [-0.2, 0) is 19.3 Å². The number of hydrogen-bond acceptors (Lipinski definition) is 8. The molecule has 2 heterocycles. The number of rotatable bonds is 8. The first-order chi connectivity index (χ1) is 24.6. The van der Waals surface area contributed by atoms with Gasteiger partial charge in [-0.3, -0.25) is 9.59 Å². The molecule has 7 aliphatic rings. The second-order valence-corrected chi connectivity index (χ2v) is 16.0. The lowest BCUT2D eigenvalue weighted by molar-refractivity contribution is -0.391. The van der Waals surface area contributed by atoms with Crippen LogP contribution in [0.2, 0.25) is 0 Å². The molecule has 3 amide bonds. The Morgan fingerprint density at radius 3 is 2.37 bits per heavy atom. The molecular formula is C39H49FN4O7. The maximum absolute atomic E-state index is 13.2. The molecule has 12 heteroatoms. The Morgan fingerprint density at radius 2 is 1.65 bits per heavy atom. The number of amides is 3. The number of ether oxygens (including phenoxy) is 2. The standard InChI is InChI=1S/C39H49FN4O7/c40-31-9-5-27(6-10-31)35(46)42-16-2-4-34(45)43-37-21-25-19-29(23-37)39(30(20-25)24-37)49-38(50-51-39)15-1-3-28(22-38)26-7-11-33(12-8-26)48-36(47)44-17-13-32(41)14-18-44/h5-12,25,28-30,32H,1-4,13-24,41H2,(H,42,46)(H,43,45). The van der Waals surface area contributed by atoms with E-state index in [9.17, 15) is 18.8 Å². The largest absolute Gasteiger partial charge is 0.415 e. The fraction of sp³-hybridized carbons (Fsp3) is 0.615. The number of carbonyl (C=O) groups excluding carboxylic acids is 3. The fourth-order valence-electron chi connectivity index (χ4n) is 10.1. The average molecular weight is 705 g/mol. The number of hydrogen-bond donors (Lipinski definition) is 3. The quantitative estimate of drug-likeness (QED) is 0.236. The van der Waals surface area contributed by atoms with Crippen molar-refractivity contribution in [1.82, 2.24) is 15.5 Å². The Morgan fingerprint density at radius 1 is 0.922 bits per heavy atom. The van der Waals surface area contributed by atoms with Crippen LogP contribution < -0.4 is 21.1 Å². The highest BCUT2D eigenvalue weighted by molar-refractivity contribution is 5.94. The molecule has 5 aliphatic carbocycles. The van der Waals surface area contributed by atoms with E-state index >= 15 is 0 Å². The van der Waals surface area contributed by atoms with Gasteiger partial charge in [0.15, 0.2) is 0 Å². The van der Waals surface area contributed by atoms with Crippen LogP contribution >= 0.6 is 0 Å². The minimum absolute atomic E-state index is 0.00449. The van der Waals surface area contributed by atoms with Gasteiger partial charge in [0.25, 0.3) is 5.91 Å². The van der Waals surface area contributed by atoms with Crippen LogP contribution in [0.3, 0.4) is 0 Å². The first kappa shape index (κ1) is 34.5. The van der Waals surface area contributed by atoms with Crippen molar-refractivity contribution in [2.24, 2.45) is 23.5 Å². The summed E-state index contributed by atoms with van der Waals surface area (Å²) >= 11 is 0. The lowest BCUT2D eigenvalue weighted by Crippen LogP contribution is -2.69. The van der Waals surface area contributed by atoms with Gasteiger partial charge in [0.05, 0.1) is 0 Å². The van der Waals surface area contributed by atoms with Gasteiger partial charge in [0, 0.05) is 67.9 Å². The minimum Gasteiger partial charge on any atom is -0.410 e. The van der Waals surface area contributed by atoms with Gasteiger partial charge >= 0.3 is 6.09 Å². The number of carbonyl (C=O) groups is 3. The highest BCUT2D eigenvalue weighted by Crippen LogP contribution is 2.65. The third-order valence-electron chi connectivity index (χ3n) is 12.4. The molecule has 9 rings (SSSR count). The van der Waals surface area contributed by atoms with E-state index in [2.05, 4.69) is 10.6 Å². The molecule has 5 saturated carbocycles. The molecule has 0 aromatic heterocycles. The molecule has 274 valence electrons. The van der Waals surface area contributed by atoms with Gasteiger partial charge in [-0.2, -0.15) is 9.78 Å². The summed E-state index contributed by atoms with van der Waals surface area (Å²) in [6.07, 6.45) is 10.0. The Kier molecular flexibility index (Phi) is 9.31. The Hall–Kier alpha value is -3.58. The molecule has 4 unspecified atom stereocenters. The van der Waals surface area contributed by atoms with Gasteiger partial charge < -0.3 is 30.7 Å². The predicted octanol–water partition coefficient (Wildman–Crippen LogP) is 5.68. The van der Waals surface area contributed by atoms with E-state index < -0.39 is 11.6 Å². The molecule has 2 aromatic rings. The summed E-state index contributed by atoms with van der Waals surface area (Å²) in [5, 5.41) is 6.23. The monoisotopic (exact) mass is 704 g/mol. The lowest BCUT2D eigenvalue weighted by Gasteiger charge is -2.62. The number of piperidine rings is 1. The van der Waals surface area contributed by atoms with Gasteiger partial charge in [-0.25, -0.2) is 9.18 Å². The van der Waals surface area contributed by atoms with Crippen LogP contribution in [0.1, 0.15) is 105 Å². The Bertz CT molecular complexity index is 1600. The van der Waals surface area contributed by atoms with Crippen LogP contribution in [-0.4, -0.2) is 65.6 Å². The summed E-state index contributed by atoms with van der Waals surface area (Å²) in [6.45, 7) is 1.60. The average Bonchev–Trinajstić information content (AvgIpc) is 3.48. The molecule has 7 fully saturated rings.